The van der Waals surface area contributed by atoms with Crippen LogP contribution in [0.1, 0.15) is 5.56 Å². The topological polar surface area (TPSA) is 38.5 Å². The van der Waals surface area contributed by atoms with Crippen molar-refractivity contribution in [1.29, 1.82) is 0 Å². The van der Waals surface area contributed by atoms with Crippen molar-refractivity contribution in [3.63, 3.8) is 0 Å². The first-order chi connectivity index (χ1) is 7.31. The van der Waals surface area contributed by atoms with Crippen LogP contribution in [0, 0.1) is 6.92 Å². The Balaban J connectivity index is 2.13. The normalized spacial score (nSPS) is 21.7. The highest BCUT2D eigenvalue weighted by atomic mass is 16.5. The number of nitrogens with two attached hydrogens (primary N) is 1. The molecule has 0 radical (unpaired) electrons. The van der Waals surface area contributed by atoms with Crippen LogP contribution < -0.4 is 10.6 Å². The Labute approximate surface area is 90.8 Å². The Hall–Kier alpha value is -1.06. The molecule has 1 atom stereocenters. The summed E-state index contributed by atoms with van der Waals surface area (Å²) in [5, 5.41) is 0. The Bertz CT molecular complexity index is 327. The van der Waals surface area contributed by atoms with Gasteiger partial charge in [-0.05, 0) is 18.6 Å². The molecule has 0 spiro atoms. The number of benzene rings is 1. The van der Waals surface area contributed by atoms with Crippen molar-refractivity contribution in [2.45, 2.75) is 13.0 Å². The summed E-state index contributed by atoms with van der Waals surface area (Å²) in [6.07, 6.45) is 0.179. The summed E-state index contributed by atoms with van der Waals surface area (Å²) >= 11 is 0. The minimum atomic E-state index is 0.179. The zero-order chi connectivity index (χ0) is 10.7. The van der Waals surface area contributed by atoms with Gasteiger partial charge in [0, 0.05) is 25.3 Å². The van der Waals surface area contributed by atoms with Crippen LogP contribution in [0.5, 0.6) is 0 Å². The third kappa shape index (κ3) is 2.30. The average Bonchev–Trinajstić information content (AvgIpc) is 2.30. The molecule has 82 valence electrons. The van der Waals surface area contributed by atoms with E-state index in [1.807, 2.05) is 0 Å². The van der Waals surface area contributed by atoms with E-state index < -0.39 is 0 Å². The zero-order valence-electron chi connectivity index (χ0n) is 9.15. The lowest BCUT2D eigenvalue weighted by molar-refractivity contribution is 0.0465. The molecule has 1 fully saturated rings. The second kappa shape index (κ2) is 4.64. The number of rotatable bonds is 2. The van der Waals surface area contributed by atoms with Crippen LogP contribution in [0.25, 0.3) is 0 Å². The number of ether oxygens (including phenoxy) is 1. The van der Waals surface area contributed by atoms with Crippen molar-refractivity contribution in [3.05, 3.63) is 29.8 Å². The molecule has 1 aromatic rings. The van der Waals surface area contributed by atoms with Gasteiger partial charge in [0.2, 0.25) is 0 Å². The molecular formula is C12H18N2O. The Morgan fingerprint density at radius 1 is 1.47 bits per heavy atom. The van der Waals surface area contributed by atoms with E-state index in [1.165, 1.54) is 11.3 Å². The lowest BCUT2D eigenvalue weighted by atomic mass is 10.1. The van der Waals surface area contributed by atoms with Crippen LogP contribution in [0.15, 0.2) is 24.3 Å². The Morgan fingerprint density at radius 2 is 2.27 bits per heavy atom. The lowest BCUT2D eigenvalue weighted by Gasteiger charge is -2.34. The van der Waals surface area contributed by atoms with Crippen molar-refractivity contribution in [3.8, 4) is 0 Å². The monoisotopic (exact) mass is 206 g/mol. The highest BCUT2D eigenvalue weighted by Gasteiger charge is 2.19. The van der Waals surface area contributed by atoms with E-state index in [1.54, 1.807) is 0 Å². The van der Waals surface area contributed by atoms with E-state index in [4.69, 9.17) is 10.5 Å². The fourth-order valence-electron chi connectivity index (χ4n) is 2.00. The number of anilines is 1. The second-order valence-electron chi connectivity index (χ2n) is 3.96. The lowest BCUT2D eigenvalue weighted by Crippen LogP contribution is -2.45. The molecule has 1 unspecified atom stereocenters. The zero-order valence-corrected chi connectivity index (χ0v) is 9.15. The van der Waals surface area contributed by atoms with Gasteiger partial charge in [-0.2, -0.15) is 0 Å². The van der Waals surface area contributed by atoms with E-state index in [0.717, 1.165) is 19.7 Å². The number of nitrogens with zero attached hydrogens (tertiary/aromatic N) is 1. The Morgan fingerprint density at radius 3 is 3.00 bits per heavy atom. The van der Waals surface area contributed by atoms with Crippen LogP contribution >= 0.6 is 0 Å². The largest absolute Gasteiger partial charge is 0.373 e. The first kappa shape index (κ1) is 10.5. The molecule has 0 aromatic heterocycles. The van der Waals surface area contributed by atoms with E-state index in [9.17, 15) is 0 Å². The summed E-state index contributed by atoms with van der Waals surface area (Å²) in [5.41, 5.74) is 8.25. The second-order valence-corrected chi connectivity index (χ2v) is 3.96. The smallest absolute Gasteiger partial charge is 0.0872 e. The molecule has 2 N–H and O–H groups in total. The molecular weight excluding hydrogens is 188 g/mol. The van der Waals surface area contributed by atoms with Crippen LogP contribution in [0.4, 0.5) is 5.69 Å². The van der Waals surface area contributed by atoms with Crippen molar-refractivity contribution in [2.75, 3.05) is 31.1 Å². The van der Waals surface area contributed by atoms with Crippen LogP contribution in [-0.2, 0) is 4.74 Å². The summed E-state index contributed by atoms with van der Waals surface area (Å²) in [7, 11) is 0. The van der Waals surface area contributed by atoms with Gasteiger partial charge in [-0.1, -0.05) is 18.2 Å². The predicted molar refractivity (Wildman–Crippen MR) is 62.2 cm³/mol. The summed E-state index contributed by atoms with van der Waals surface area (Å²) in [4.78, 5) is 2.36. The molecule has 3 nitrogen and oxygen atoms in total. The number of morpholine rings is 1. The van der Waals surface area contributed by atoms with E-state index in [0.29, 0.717) is 6.54 Å². The summed E-state index contributed by atoms with van der Waals surface area (Å²) in [6, 6.07) is 8.45. The maximum Gasteiger partial charge on any atom is 0.0872 e. The van der Waals surface area contributed by atoms with Gasteiger partial charge in [-0.25, -0.2) is 0 Å². The van der Waals surface area contributed by atoms with E-state index in [2.05, 4.69) is 36.1 Å². The van der Waals surface area contributed by atoms with Crippen LogP contribution in [-0.4, -0.2) is 32.3 Å². The van der Waals surface area contributed by atoms with Gasteiger partial charge in [0.25, 0.3) is 0 Å². The fourth-order valence-corrected chi connectivity index (χ4v) is 2.00. The third-order valence-electron chi connectivity index (χ3n) is 2.86. The molecule has 2 rings (SSSR count). The van der Waals surface area contributed by atoms with E-state index in [-0.39, 0.29) is 6.10 Å². The first-order valence-electron chi connectivity index (χ1n) is 5.43. The van der Waals surface area contributed by atoms with E-state index >= 15 is 0 Å². The summed E-state index contributed by atoms with van der Waals surface area (Å²) in [5.74, 6) is 0. The van der Waals surface area contributed by atoms with Crippen molar-refractivity contribution in [1.82, 2.24) is 0 Å². The minimum absolute atomic E-state index is 0.179. The SMILES string of the molecule is Cc1ccccc1N1CCOC(CN)C1. The van der Waals surface area contributed by atoms with Crippen molar-refractivity contribution in [2.24, 2.45) is 5.73 Å². The maximum absolute atomic E-state index is 5.63. The maximum atomic E-state index is 5.63. The summed E-state index contributed by atoms with van der Waals surface area (Å²) < 4.78 is 5.55. The van der Waals surface area contributed by atoms with Crippen LogP contribution in [0.2, 0.25) is 0 Å². The molecule has 0 amide bonds. The molecule has 0 aliphatic carbocycles. The predicted octanol–water partition coefficient (Wildman–Crippen LogP) is 1.16. The van der Waals surface area contributed by atoms with Gasteiger partial charge in [-0.3, -0.25) is 0 Å². The number of hydrogen-bond acceptors (Lipinski definition) is 3. The van der Waals surface area contributed by atoms with Gasteiger partial charge >= 0.3 is 0 Å². The number of para-hydroxylation sites is 1. The third-order valence-corrected chi connectivity index (χ3v) is 2.86. The van der Waals surface area contributed by atoms with Gasteiger partial charge < -0.3 is 15.4 Å². The molecule has 0 saturated carbocycles. The average molecular weight is 206 g/mol. The molecule has 1 aromatic carbocycles. The molecule has 15 heavy (non-hydrogen) atoms. The fraction of sp³-hybridized carbons (Fsp3) is 0.500. The molecule has 0 bridgehead atoms. The highest BCUT2D eigenvalue weighted by molar-refractivity contribution is 5.53. The molecule has 1 aliphatic heterocycles. The standard InChI is InChI=1S/C12H18N2O/c1-10-4-2-3-5-12(10)14-6-7-15-11(8-13)9-14/h2-5,11H,6-9,13H2,1H3. The first-order valence-corrected chi connectivity index (χ1v) is 5.43. The van der Waals surface area contributed by atoms with Gasteiger partial charge in [-0.15, -0.1) is 0 Å². The van der Waals surface area contributed by atoms with Crippen LogP contribution in [0.3, 0.4) is 0 Å². The van der Waals surface area contributed by atoms with Gasteiger partial charge in [0.15, 0.2) is 0 Å². The summed E-state index contributed by atoms with van der Waals surface area (Å²) in [6.45, 7) is 5.38. The Kier molecular flexibility index (Phi) is 3.23. The number of hydrogen-bond donors (Lipinski definition) is 1. The molecule has 1 saturated heterocycles. The molecule has 1 heterocycles. The van der Waals surface area contributed by atoms with Gasteiger partial charge in [0.1, 0.15) is 0 Å². The van der Waals surface area contributed by atoms with Crippen molar-refractivity contribution >= 4 is 5.69 Å². The molecule has 3 heteroatoms. The highest BCUT2D eigenvalue weighted by Crippen LogP contribution is 2.21. The number of aryl methyl sites for hydroxylation is 1. The van der Waals surface area contributed by atoms with Gasteiger partial charge in [0.05, 0.1) is 12.7 Å². The minimum Gasteiger partial charge on any atom is -0.373 e. The van der Waals surface area contributed by atoms with Crippen molar-refractivity contribution < 1.29 is 4.74 Å². The quantitative estimate of drug-likeness (QED) is 0.789. The molecule has 1 aliphatic rings.